The van der Waals surface area contributed by atoms with Crippen molar-refractivity contribution in [2.24, 2.45) is 0 Å². The van der Waals surface area contributed by atoms with Crippen molar-refractivity contribution in [3.63, 3.8) is 0 Å². The second-order valence-electron chi connectivity index (χ2n) is 7.37. The average molecular weight is 396 g/mol. The molecule has 0 unspecified atom stereocenters. The summed E-state index contributed by atoms with van der Waals surface area (Å²) in [6.07, 6.45) is 2.17. The van der Waals surface area contributed by atoms with E-state index in [9.17, 15) is 9.59 Å². The van der Waals surface area contributed by atoms with E-state index in [4.69, 9.17) is 4.74 Å². The number of hydrogen-bond donors (Lipinski definition) is 1. The SMILES string of the molecule is CN(CCOc1ccccc1)CC(=O)NCc1ccc(C(=O)N2CCCC2)cc1. The number of carbonyl (C=O) groups excluding carboxylic acids is 2. The highest BCUT2D eigenvalue weighted by Gasteiger charge is 2.19. The van der Waals surface area contributed by atoms with E-state index in [-0.39, 0.29) is 11.8 Å². The van der Waals surface area contributed by atoms with Gasteiger partial charge in [-0.25, -0.2) is 0 Å². The Kier molecular flexibility index (Phi) is 7.64. The molecule has 29 heavy (non-hydrogen) atoms. The molecule has 2 amide bonds. The maximum Gasteiger partial charge on any atom is 0.253 e. The second kappa shape index (κ2) is 10.6. The predicted octanol–water partition coefficient (Wildman–Crippen LogP) is 2.55. The Balaban J connectivity index is 1.35. The maximum atomic E-state index is 12.4. The molecular weight excluding hydrogens is 366 g/mol. The lowest BCUT2D eigenvalue weighted by Gasteiger charge is -2.17. The van der Waals surface area contributed by atoms with E-state index in [2.05, 4.69) is 5.32 Å². The summed E-state index contributed by atoms with van der Waals surface area (Å²) in [7, 11) is 1.90. The third-order valence-electron chi connectivity index (χ3n) is 4.98. The van der Waals surface area contributed by atoms with Crippen molar-refractivity contribution in [3.8, 4) is 5.75 Å². The molecule has 1 aliphatic heterocycles. The summed E-state index contributed by atoms with van der Waals surface area (Å²) in [5, 5.41) is 2.93. The minimum Gasteiger partial charge on any atom is -0.492 e. The highest BCUT2D eigenvalue weighted by Crippen LogP contribution is 2.13. The monoisotopic (exact) mass is 395 g/mol. The molecule has 0 aliphatic carbocycles. The lowest BCUT2D eigenvalue weighted by Crippen LogP contribution is -2.36. The standard InChI is InChI=1S/C23H29N3O3/c1-25(15-16-29-21-7-3-2-4-8-21)18-22(27)24-17-19-9-11-20(12-10-19)23(28)26-13-5-6-14-26/h2-4,7-12H,5-6,13-18H2,1H3,(H,24,27). The van der Waals surface area contributed by atoms with Crippen molar-refractivity contribution in [3.05, 3.63) is 65.7 Å². The average Bonchev–Trinajstić information content (AvgIpc) is 3.28. The Morgan fingerprint density at radius 3 is 2.41 bits per heavy atom. The molecule has 1 heterocycles. The summed E-state index contributed by atoms with van der Waals surface area (Å²) < 4.78 is 5.65. The van der Waals surface area contributed by atoms with E-state index < -0.39 is 0 Å². The fourth-order valence-electron chi connectivity index (χ4n) is 3.28. The van der Waals surface area contributed by atoms with Crippen LogP contribution >= 0.6 is 0 Å². The molecule has 1 aliphatic rings. The normalized spacial score (nSPS) is 13.5. The highest BCUT2D eigenvalue weighted by molar-refractivity contribution is 5.94. The van der Waals surface area contributed by atoms with Crippen LogP contribution in [-0.4, -0.2) is 61.4 Å². The van der Waals surface area contributed by atoms with Gasteiger partial charge in [-0.1, -0.05) is 30.3 Å². The van der Waals surface area contributed by atoms with Crippen LogP contribution in [0.5, 0.6) is 5.75 Å². The van der Waals surface area contributed by atoms with Crippen LogP contribution in [0.1, 0.15) is 28.8 Å². The third-order valence-corrected chi connectivity index (χ3v) is 4.98. The van der Waals surface area contributed by atoms with Gasteiger partial charge < -0.3 is 15.0 Å². The smallest absolute Gasteiger partial charge is 0.253 e. The Hall–Kier alpha value is -2.86. The molecule has 6 nitrogen and oxygen atoms in total. The molecule has 0 radical (unpaired) electrons. The summed E-state index contributed by atoms with van der Waals surface area (Å²) in [6.45, 7) is 3.64. The minimum absolute atomic E-state index is 0.0376. The first-order valence-electron chi connectivity index (χ1n) is 10.1. The zero-order valence-electron chi connectivity index (χ0n) is 17.0. The van der Waals surface area contributed by atoms with Gasteiger partial charge in [0.25, 0.3) is 5.91 Å². The quantitative estimate of drug-likeness (QED) is 0.709. The lowest BCUT2D eigenvalue weighted by atomic mass is 10.1. The van der Waals surface area contributed by atoms with Crippen molar-refractivity contribution in [2.75, 3.05) is 39.8 Å². The number of benzene rings is 2. The Bertz CT molecular complexity index is 787. The van der Waals surface area contributed by atoms with E-state index in [0.29, 0.717) is 31.8 Å². The molecular formula is C23H29N3O3. The highest BCUT2D eigenvalue weighted by atomic mass is 16.5. The van der Waals surface area contributed by atoms with Crippen LogP contribution < -0.4 is 10.1 Å². The molecule has 1 N–H and O–H groups in total. The van der Waals surface area contributed by atoms with Crippen LogP contribution in [-0.2, 0) is 11.3 Å². The van der Waals surface area contributed by atoms with Crippen LogP contribution in [0.3, 0.4) is 0 Å². The number of para-hydroxylation sites is 1. The number of ether oxygens (including phenoxy) is 1. The maximum absolute atomic E-state index is 12.4. The van der Waals surface area contributed by atoms with Gasteiger partial charge in [0.15, 0.2) is 0 Å². The number of nitrogens with zero attached hydrogens (tertiary/aromatic N) is 2. The molecule has 0 atom stereocenters. The van der Waals surface area contributed by atoms with E-state index in [1.54, 1.807) is 0 Å². The molecule has 2 aromatic rings. The van der Waals surface area contributed by atoms with Crippen LogP contribution in [0.4, 0.5) is 0 Å². The van der Waals surface area contributed by atoms with E-state index in [1.165, 1.54) is 0 Å². The van der Waals surface area contributed by atoms with Crippen molar-refractivity contribution >= 4 is 11.8 Å². The summed E-state index contributed by atoms with van der Waals surface area (Å²) >= 11 is 0. The fraction of sp³-hybridized carbons (Fsp3) is 0.391. The number of likely N-dealkylation sites (N-methyl/N-ethyl adjacent to an activating group) is 1. The van der Waals surface area contributed by atoms with Gasteiger partial charge in [0.2, 0.25) is 5.91 Å². The number of likely N-dealkylation sites (tertiary alicyclic amines) is 1. The molecule has 0 saturated carbocycles. The number of hydrogen-bond acceptors (Lipinski definition) is 4. The van der Waals surface area contributed by atoms with E-state index in [0.717, 1.165) is 37.2 Å². The van der Waals surface area contributed by atoms with Gasteiger partial charge in [-0.3, -0.25) is 14.5 Å². The van der Waals surface area contributed by atoms with Crippen LogP contribution in [0.2, 0.25) is 0 Å². The van der Waals surface area contributed by atoms with Crippen molar-refractivity contribution in [1.82, 2.24) is 15.1 Å². The van der Waals surface area contributed by atoms with Gasteiger partial charge in [-0.2, -0.15) is 0 Å². The van der Waals surface area contributed by atoms with Gasteiger partial charge in [0.05, 0.1) is 6.54 Å². The second-order valence-corrected chi connectivity index (χ2v) is 7.37. The van der Waals surface area contributed by atoms with Gasteiger partial charge in [-0.05, 0) is 49.7 Å². The minimum atomic E-state index is -0.0376. The van der Waals surface area contributed by atoms with Crippen LogP contribution in [0.15, 0.2) is 54.6 Å². The first-order chi connectivity index (χ1) is 14.1. The predicted molar refractivity (Wildman–Crippen MR) is 113 cm³/mol. The van der Waals surface area contributed by atoms with Crippen molar-refractivity contribution in [2.45, 2.75) is 19.4 Å². The zero-order chi connectivity index (χ0) is 20.5. The molecule has 0 aromatic heterocycles. The van der Waals surface area contributed by atoms with Crippen LogP contribution in [0, 0.1) is 0 Å². The van der Waals surface area contributed by atoms with Crippen molar-refractivity contribution in [1.29, 1.82) is 0 Å². The summed E-state index contributed by atoms with van der Waals surface area (Å²) in [5.74, 6) is 0.888. The topological polar surface area (TPSA) is 61.9 Å². The third kappa shape index (κ3) is 6.61. The van der Waals surface area contributed by atoms with Crippen molar-refractivity contribution < 1.29 is 14.3 Å². The molecule has 1 fully saturated rings. The molecule has 3 rings (SSSR count). The largest absolute Gasteiger partial charge is 0.492 e. The number of carbonyl (C=O) groups is 2. The van der Waals surface area contributed by atoms with E-state index >= 15 is 0 Å². The molecule has 154 valence electrons. The van der Waals surface area contributed by atoms with Gasteiger partial charge in [0.1, 0.15) is 12.4 Å². The number of rotatable bonds is 9. The molecule has 0 bridgehead atoms. The van der Waals surface area contributed by atoms with Gasteiger partial charge in [-0.15, -0.1) is 0 Å². The first-order valence-corrected chi connectivity index (χ1v) is 10.1. The molecule has 1 saturated heterocycles. The molecule has 6 heteroatoms. The molecule has 2 aromatic carbocycles. The zero-order valence-corrected chi connectivity index (χ0v) is 17.0. The van der Waals surface area contributed by atoms with Crippen LogP contribution in [0.25, 0.3) is 0 Å². The molecule has 0 spiro atoms. The van der Waals surface area contributed by atoms with Gasteiger partial charge >= 0.3 is 0 Å². The van der Waals surface area contributed by atoms with E-state index in [1.807, 2.05) is 71.4 Å². The Morgan fingerprint density at radius 1 is 1.03 bits per heavy atom. The summed E-state index contributed by atoms with van der Waals surface area (Å²) in [6, 6.07) is 17.1. The first kappa shape index (κ1) is 20.9. The summed E-state index contributed by atoms with van der Waals surface area (Å²) in [4.78, 5) is 28.3. The summed E-state index contributed by atoms with van der Waals surface area (Å²) in [5.41, 5.74) is 1.69. The number of nitrogens with one attached hydrogen (secondary N) is 1. The van der Waals surface area contributed by atoms with Gasteiger partial charge in [0, 0.05) is 31.7 Å². The Labute approximate surface area is 172 Å². The fourth-order valence-corrected chi connectivity index (χ4v) is 3.28. The lowest BCUT2D eigenvalue weighted by molar-refractivity contribution is -0.122. The Morgan fingerprint density at radius 2 is 1.72 bits per heavy atom. The number of amides is 2.